The molecule has 0 unspecified atom stereocenters. The molecule has 152 valence electrons. The topological polar surface area (TPSA) is 105 Å². The molecule has 0 bridgehead atoms. The molecule has 9 nitrogen and oxygen atoms in total. The first-order valence-electron chi connectivity index (χ1n) is 9.16. The van der Waals surface area contributed by atoms with Crippen LogP contribution in [0.25, 0.3) is 21.9 Å². The number of carbonyl (C=O) groups is 2. The molecule has 0 aliphatic carbocycles. The van der Waals surface area contributed by atoms with E-state index >= 15 is 0 Å². The molecule has 0 N–H and O–H groups in total. The van der Waals surface area contributed by atoms with Crippen LogP contribution in [-0.2, 0) is 30.2 Å². The van der Waals surface area contributed by atoms with Crippen molar-refractivity contribution < 1.29 is 14.3 Å². The summed E-state index contributed by atoms with van der Waals surface area (Å²) in [5.74, 6) is -1.02. The number of fused-ring (bicyclic) bond motifs is 2. The van der Waals surface area contributed by atoms with E-state index in [1.165, 1.54) is 29.6 Å². The van der Waals surface area contributed by atoms with Gasteiger partial charge in [0, 0.05) is 19.7 Å². The Kier molecular flexibility index (Phi) is 4.78. The van der Waals surface area contributed by atoms with E-state index in [-0.39, 0.29) is 23.5 Å². The summed E-state index contributed by atoms with van der Waals surface area (Å²) in [6, 6.07) is 12.8. The summed E-state index contributed by atoms with van der Waals surface area (Å²) in [6.07, 6.45) is 1.29. The van der Waals surface area contributed by atoms with Gasteiger partial charge >= 0.3 is 11.7 Å². The lowest BCUT2D eigenvalue weighted by molar-refractivity contribution is -0.143. The Morgan fingerprint density at radius 2 is 1.73 bits per heavy atom. The molecule has 30 heavy (non-hydrogen) atoms. The molecule has 0 saturated carbocycles. The Labute approximate surface area is 169 Å². The van der Waals surface area contributed by atoms with Crippen molar-refractivity contribution in [2.45, 2.75) is 6.54 Å². The molecule has 9 heteroatoms. The van der Waals surface area contributed by atoms with Gasteiger partial charge in [-0.3, -0.25) is 23.5 Å². The minimum Gasteiger partial charge on any atom is -0.456 e. The fourth-order valence-corrected chi connectivity index (χ4v) is 3.39. The summed E-state index contributed by atoms with van der Waals surface area (Å²) >= 11 is 0. The van der Waals surface area contributed by atoms with Gasteiger partial charge in [-0.1, -0.05) is 42.5 Å². The fourth-order valence-electron chi connectivity index (χ4n) is 3.39. The lowest BCUT2D eigenvalue weighted by Crippen LogP contribution is -2.37. The molecule has 4 rings (SSSR count). The van der Waals surface area contributed by atoms with Crippen molar-refractivity contribution >= 4 is 33.7 Å². The molecule has 0 aliphatic rings. The van der Waals surface area contributed by atoms with Gasteiger partial charge in [-0.25, -0.2) is 9.78 Å². The molecule has 0 atom stereocenters. The van der Waals surface area contributed by atoms with Crippen LogP contribution in [0.2, 0.25) is 0 Å². The van der Waals surface area contributed by atoms with E-state index in [9.17, 15) is 19.2 Å². The molecule has 2 heterocycles. The quantitative estimate of drug-likeness (QED) is 0.362. The minimum absolute atomic E-state index is 0.108. The van der Waals surface area contributed by atoms with E-state index in [0.29, 0.717) is 5.56 Å². The molecule has 0 radical (unpaired) electrons. The smallest absolute Gasteiger partial charge is 0.332 e. The molecular weight excluding hydrogens is 388 g/mol. The Hall–Kier alpha value is -4.01. The Morgan fingerprint density at radius 3 is 2.53 bits per heavy atom. The van der Waals surface area contributed by atoms with Crippen LogP contribution in [0, 0.1) is 0 Å². The summed E-state index contributed by atoms with van der Waals surface area (Å²) in [4.78, 5) is 53.3. The maximum absolute atomic E-state index is 12.6. The highest BCUT2D eigenvalue weighted by Crippen LogP contribution is 2.19. The van der Waals surface area contributed by atoms with Crippen LogP contribution >= 0.6 is 0 Å². The van der Waals surface area contributed by atoms with Crippen molar-refractivity contribution in [2.75, 3.05) is 6.61 Å². The molecule has 4 aromatic rings. The van der Waals surface area contributed by atoms with Crippen LogP contribution in [0.3, 0.4) is 0 Å². The third-order valence-corrected chi connectivity index (χ3v) is 4.97. The number of nitrogens with zero attached hydrogens (tertiary/aromatic N) is 4. The van der Waals surface area contributed by atoms with E-state index in [1.54, 1.807) is 12.1 Å². The van der Waals surface area contributed by atoms with E-state index in [1.807, 2.05) is 30.3 Å². The first-order valence-corrected chi connectivity index (χ1v) is 9.16. The van der Waals surface area contributed by atoms with Gasteiger partial charge in [0.2, 0.25) is 5.78 Å². The van der Waals surface area contributed by atoms with Crippen molar-refractivity contribution in [3.63, 3.8) is 0 Å². The highest BCUT2D eigenvalue weighted by atomic mass is 16.5. The maximum atomic E-state index is 12.6. The van der Waals surface area contributed by atoms with Crippen LogP contribution in [0.1, 0.15) is 10.4 Å². The summed E-state index contributed by atoms with van der Waals surface area (Å²) in [5, 5.41) is 1.70. The molecule has 0 aliphatic heterocycles. The van der Waals surface area contributed by atoms with Crippen molar-refractivity contribution in [1.29, 1.82) is 0 Å². The Balaban J connectivity index is 1.53. The zero-order valence-electron chi connectivity index (χ0n) is 16.4. The zero-order chi connectivity index (χ0) is 21.4. The number of esters is 1. The van der Waals surface area contributed by atoms with Gasteiger partial charge in [0.1, 0.15) is 6.54 Å². The first-order chi connectivity index (χ1) is 14.4. The van der Waals surface area contributed by atoms with Crippen molar-refractivity contribution in [3.8, 4) is 0 Å². The SMILES string of the molecule is Cn1c(=O)c2c(ncn2CC(=O)OCC(=O)c2cccc3ccccc23)n(C)c1=O. The molecule has 0 saturated heterocycles. The largest absolute Gasteiger partial charge is 0.456 e. The van der Waals surface area contributed by atoms with Crippen LogP contribution in [0.5, 0.6) is 0 Å². The summed E-state index contributed by atoms with van der Waals surface area (Å²) in [7, 11) is 2.84. The van der Waals surface area contributed by atoms with Gasteiger partial charge < -0.3 is 9.30 Å². The summed E-state index contributed by atoms with van der Waals surface area (Å²) in [6.45, 7) is -0.733. The van der Waals surface area contributed by atoms with Gasteiger partial charge in [0.05, 0.1) is 6.33 Å². The van der Waals surface area contributed by atoms with E-state index < -0.39 is 23.8 Å². The number of benzene rings is 2. The van der Waals surface area contributed by atoms with E-state index in [4.69, 9.17) is 4.74 Å². The van der Waals surface area contributed by atoms with Crippen LogP contribution < -0.4 is 11.2 Å². The number of carbonyl (C=O) groups excluding carboxylic acids is 2. The normalized spacial score (nSPS) is 11.1. The standard InChI is InChI=1S/C21H18N4O5/c1-23-19-18(20(28)24(2)21(23)29)25(12-22-19)10-17(27)30-11-16(26)15-9-5-7-13-6-3-4-8-14(13)15/h3-9,12H,10-11H2,1-2H3. The summed E-state index contributed by atoms with van der Waals surface area (Å²) in [5.41, 5.74) is -0.330. The number of aromatic nitrogens is 4. The third kappa shape index (κ3) is 3.20. The number of Topliss-reactive ketones (excluding diaryl/α,β-unsaturated/α-hetero) is 1. The highest BCUT2D eigenvalue weighted by molar-refractivity contribution is 6.09. The van der Waals surface area contributed by atoms with Gasteiger partial charge in [0.25, 0.3) is 5.56 Å². The number of hydrogen-bond donors (Lipinski definition) is 0. The van der Waals surface area contributed by atoms with E-state index in [2.05, 4.69) is 4.98 Å². The van der Waals surface area contributed by atoms with Crippen molar-refractivity contribution in [3.05, 3.63) is 75.2 Å². The van der Waals surface area contributed by atoms with Crippen molar-refractivity contribution in [1.82, 2.24) is 18.7 Å². The third-order valence-electron chi connectivity index (χ3n) is 4.97. The first kappa shape index (κ1) is 19.3. The molecule has 0 fully saturated rings. The van der Waals surface area contributed by atoms with Crippen LogP contribution in [0.15, 0.2) is 58.4 Å². The zero-order valence-corrected chi connectivity index (χ0v) is 16.4. The number of ether oxygens (including phenoxy) is 1. The average molecular weight is 406 g/mol. The Bertz CT molecular complexity index is 1420. The number of aryl methyl sites for hydroxylation is 1. The second kappa shape index (κ2) is 7.43. The van der Waals surface area contributed by atoms with Gasteiger partial charge in [-0.2, -0.15) is 0 Å². The van der Waals surface area contributed by atoms with Gasteiger partial charge in [-0.05, 0) is 10.8 Å². The monoisotopic (exact) mass is 406 g/mol. The number of imidazole rings is 1. The molecule has 2 aromatic carbocycles. The second-order valence-corrected chi connectivity index (χ2v) is 6.86. The number of ketones is 1. The number of hydrogen-bond acceptors (Lipinski definition) is 6. The van der Waals surface area contributed by atoms with Crippen LogP contribution in [-0.4, -0.2) is 37.0 Å². The number of rotatable bonds is 5. The van der Waals surface area contributed by atoms with E-state index in [0.717, 1.165) is 15.3 Å². The van der Waals surface area contributed by atoms with Crippen LogP contribution in [0.4, 0.5) is 0 Å². The molecule has 0 amide bonds. The van der Waals surface area contributed by atoms with Crippen molar-refractivity contribution in [2.24, 2.45) is 14.1 Å². The summed E-state index contributed by atoms with van der Waals surface area (Å²) < 4.78 is 8.61. The highest BCUT2D eigenvalue weighted by Gasteiger charge is 2.18. The van der Waals surface area contributed by atoms with Gasteiger partial charge in [-0.15, -0.1) is 0 Å². The maximum Gasteiger partial charge on any atom is 0.332 e. The minimum atomic E-state index is -0.696. The fraction of sp³-hybridized carbons (Fsp3) is 0.190. The Morgan fingerprint density at radius 1 is 1.00 bits per heavy atom. The average Bonchev–Trinajstić information content (AvgIpc) is 3.17. The lowest BCUT2D eigenvalue weighted by Gasteiger charge is -2.08. The molecular formula is C21H18N4O5. The predicted octanol–water partition coefficient (Wildman–Crippen LogP) is 1.01. The second-order valence-electron chi connectivity index (χ2n) is 6.86. The molecule has 0 spiro atoms. The molecule has 2 aromatic heterocycles. The lowest BCUT2D eigenvalue weighted by atomic mass is 10.0. The van der Waals surface area contributed by atoms with Gasteiger partial charge in [0.15, 0.2) is 17.8 Å². The predicted molar refractivity (Wildman–Crippen MR) is 109 cm³/mol.